The third kappa shape index (κ3) is 18.6. The lowest BCUT2D eigenvalue weighted by atomic mass is 9.61. The van der Waals surface area contributed by atoms with E-state index >= 15 is 0 Å². The Bertz CT molecular complexity index is 3150. The maximum absolute atomic E-state index is 12.1. The quantitative estimate of drug-likeness (QED) is 0.143. The molecule has 4 aromatic carbocycles. The molecule has 10 heteroatoms. The van der Waals surface area contributed by atoms with Crippen LogP contribution in [0.3, 0.4) is 0 Å². The van der Waals surface area contributed by atoms with Crippen LogP contribution in [0.4, 0.5) is 4.79 Å². The normalized spacial score (nSPS) is 21.1. The van der Waals surface area contributed by atoms with Gasteiger partial charge >= 0.3 is 24.0 Å². The lowest BCUT2D eigenvalue weighted by molar-refractivity contribution is 0.0524. The number of hydrogen-bond donors (Lipinski definition) is 1. The van der Waals surface area contributed by atoms with Gasteiger partial charge in [-0.3, -0.25) is 0 Å². The fourth-order valence-corrected chi connectivity index (χ4v) is 16.0. The molecule has 0 spiro atoms. The fraction of sp³-hybridized carbons (Fsp3) is 0.613. The van der Waals surface area contributed by atoms with E-state index in [4.69, 9.17) is 19.3 Å². The number of carbonyl (C=O) groups is 4. The number of rotatable bonds is 9. The molecule has 0 amide bonds. The maximum Gasteiger partial charge on any atom is 0.424 e. The van der Waals surface area contributed by atoms with Crippen molar-refractivity contribution in [1.29, 1.82) is 0 Å². The van der Waals surface area contributed by atoms with E-state index in [9.17, 15) is 19.2 Å². The van der Waals surface area contributed by atoms with Crippen molar-refractivity contribution in [1.82, 2.24) is 9.55 Å². The van der Waals surface area contributed by atoms with E-state index in [1.54, 1.807) is 18.5 Å². The molecule has 0 fully saturated rings. The molecule has 4 aliphatic carbocycles. The van der Waals surface area contributed by atoms with Gasteiger partial charge in [-0.15, -0.1) is 0 Å². The number of carbonyl (C=O) groups excluding carboxylic acids is 3. The van der Waals surface area contributed by atoms with Gasteiger partial charge in [-0.2, -0.15) is 0 Å². The van der Waals surface area contributed by atoms with Crippen molar-refractivity contribution in [2.24, 2.45) is 69.0 Å². The van der Waals surface area contributed by atoms with E-state index in [2.05, 4.69) is 174 Å². The zero-order chi connectivity index (χ0) is 65.5. The minimum absolute atomic E-state index is 0. The van der Waals surface area contributed by atoms with Gasteiger partial charge in [0.15, 0.2) is 0 Å². The molecule has 5 aromatic rings. The molecule has 8 atom stereocenters. The summed E-state index contributed by atoms with van der Waals surface area (Å²) in [6, 6.07) is 24.1. The first-order chi connectivity index (χ1) is 41.0. The number of esters is 2. The molecule has 0 radical (unpaired) electrons. The predicted molar refractivity (Wildman–Crippen MR) is 373 cm³/mol. The Morgan fingerprint density at radius 1 is 0.500 bits per heavy atom. The number of carboxylic acid groups (broad SMARTS) is 1. The number of aromatic nitrogens is 2. The van der Waals surface area contributed by atoms with E-state index in [0.717, 1.165) is 32.1 Å². The number of aromatic carboxylic acids is 1. The average molecular weight is 1240 g/mol. The van der Waals surface area contributed by atoms with Crippen molar-refractivity contribution in [3.8, 4) is 5.75 Å². The van der Waals surface area contributed by atoms with Crippen molar-refractivity contribution < 1.29 is 38.5 Å². The molecule has 9 rings (SSSR count). The van der Waals surface area contributed by atoms with Crippen molar-refractivity contribution in [3.05, 3.63) is 153 Å². The van der Waals surface area contributed by atoms with Crippen LogP contribution < -0.4 is 4.74 Å². The van der Waals surface area contributed by atoms with Crippen molar-refractivity contribution in [3.63, 3.8) is 0 Å². The summed E-state index contributed by atoms with van der Waals surface area (Å²) in [7, 11) is 1.44. The zero-order valence-corrected chi connectivity index (χ0v) is 58.2. The number of hydrogen-bond acceptors (Lipinski definition) is 8. The van der Waals surface area contributed by atoms with Crippen LogP contribution in [0.25, 0.3) is 0 Å². The molecular weight excluding hydrogens is 1120 g/mol. The van der Waals surface area contributed by atoms with Gasteiger partial charge in [0.05, 0.1) is 30.4 Å². The summed E-state index contributed by atoms with van der Waals surface area (Å²) in [6.07, 6.45) is 13.1. The van der Waals surface area contributed by atoms with Gasteiger partial charge in [0, 0.05) is 12.4 Å². The van der Waals surface area contributed by atoms with E-state index in [1.807, 2.05) is 43.3 Å². The van der Waals surface area contributed by atoms with Gasteiger partial charge in [0.1, 0.15) is 12.1 Å². The van der Waals surface area contributed by atoms with Crippen LogP contribution in [-0.4, -0.2) is 52.4 Å². The first-order valence-corrected chi connectivity index (χ1v) is 33.2. The van der Waals surface area contributed by atoms with Crippen LogP contribution in [0.1, 0.15) is 285 Å². The SMILES string of the molecule is C.C.CC(C)C1CCc2cc(C(=O)O)ccc2C1C(C)(C)C.CC(C)C1CCc2cc(OC(=O)n3ccnc3)ccc2C1C(C)(C)C.CCOC(=O)c1ccc2c(c1)CCC(C(C)C)C2C(C)(C)C.COC(=O)c1ccc2c(c1)CCC(C(C)C)C2C(C)(C)C. The zero-order valence-electron chi connectivity index (χ0n) is 58.2. The second kappa shape index (κ2) is 31.5. The van der Waals surface area contributed by atoms with E-state index in [1.165, 1.54) is 81.8 Å². The Morgan fingerprint density at radius 2 is 0.822 bits per heavy atom. The maximum atomic E-state index is 12.1. The summed E-state index contributed by atoms with van der Waals surface area (Å²) >= 11 is 0. The van der Waals surface area contributed by atoms with Crippen molar-refractivity contribution in [2.75, 3.05) is 13.7 Å². The molecule has 0 aliphatic heterocycles. The van der Waals surface area contributed by atoms with Gasteiger partial charge < -0.3 is 19.3 Å². The standard InChI is InChI=1S/C21H28N2O2.C20H30O2.C19H28O2.C18H26O2.2CH4/c1-14(2)17-8-6-15-12-16(25-20(24)23-11-10-22-13-23)7-9-18(15)19(17)21(3,4)5;1-7-22-19(21)15-9-11-17-14(12-15)8-10-16(13(2)3)18(17)20(4,5)6;1-12(2)15-9-7-13-11-14(18(20)21-6)8-10-16(13)17(15)19(3,4)5;1-11(2)14-8-6-12-10-13(17(19)20)7-9-15(12)16(14)18(3,4)5;;/h7,9-14,17,19H,6,8H2,1-5H3;9,11-13,16,18H,7-8,10H2,1-6H3;8,10-12,15,17H,7,9H2,1-6H3;7,9-11,14,16H,6,8H2,1-5H3,(H,19,20);2*1H4. The van der Waals surface area contributed by atoms with Crippen LogP contribution in [0, 0.1) is 69.0 Å². The summed E-state index contributed by atoms with van der Waals surface area (Å²) in [6.45, 7) is 48.7. The van der Waals surface area contributed by atoms with Gasteiger partial charge in [-0.1, -0.05) is 178 Å². The van der Waals surface area contributed by atoms with E-state index < -0.39 is 12.1 Å². The topological polar surface area (TPSA) is 134 Å². The number of imidazole rings is 1. The minimum atomic E-state index is -0.828. The highest BCUT2D eigenvalue weighted by Crippen LogP contribution is 2.54. The smallest absolute Gasteiger partial charge is 0.424 e. The monoisotopic (exact) mass is 1240 g/mol. The number of fused-ring (bicyclic) bond motifs is 4. The molecule has 4 aliphatic rings. The lowest BCUT2D eigenvalue weighted by Gasteiger charge is -2.44. The van der Waals surface area contributed by atoms with Crippen molar-refractivity contribution in [2.45, 2.75) is 235 Å². The highest BCUT2D eigenvalue weighted by molar-refractivity contribution is 5.90. The Morgan fingerprint density at radius 3 is 1.12 bits per heavy atom. The molecule has 0 bridgehead atoms. The Hall–Kier alpha value is -6.03. The third-order valence-electron chi connectivity index (χ3n) is 19.8. The second-order valence-electron chi connectivity index (χ2n) is 31.6. The number of carboxylic acids is 1. The summed E-state index contributed by atoms with van der Waals surface area (Å²) in [5, 5.41) is 9.15. The van der Waals surface area contributed by atoms with Gasteiger partial charge in [0.25, 0.3) is 0 Å². The molecule has 498 valence electrons. The third-order valence-corrected chi connectivity index (χ3v) is 19.8. The minimum Gasteiger partial charge on any atom is -0.478 e. The number of ether oxygens (including phenoxy) is 3. The van der Waals surface area contributed by atoms with Gasteiger partial charge in [-0.05, 0) is 244 Å². The number of methoxy groups -OCH3 is 1. The molecular formula is C80H120N2O8. The summed E-state index contributed by atoms with van der Waals surface area (Å²) in [4.78, 5) is 50.8. The van der Waals surface area contributed by atoms with E-state index in [0.29, 0.717) is 100 Å². The summed E-state index contributed by atoms with van der Waals surface area (Å²) < 4.78 is 16.8. The molecule has 0 saturated heterocycles. The second-order valence-corrected chi connectivity index (χ2v) is 31.6. The first-order valence-electron chi connectivity index (χ1n) is 33.2. The predicted octanol–water partition coefficient (Wildman–Crippen LogP) is 21.3. The summed E-state index contributed by atoms with van der Waals surface area (Å²) in [5.74, 6) is 6.93. The molecule has 1 aromatic heterocycles. The molecule has 1 heterocycles. The van der Waals surface area contributed by atoms with E-state index in [-0.39, 0.29) is 48.5 Å². The summed E-state index contributed by atoms with van der Waals surface area (Å²) in [5.41, 5.74) is 13.5. The molecule has 1 N–H and O–H groups in total. The average Bonchev–Trinajstić information content (AvgIpc) is 0.875. The lowest BCUT2D eigenvalue weighted by Crippen LogP contribution is -2.33. The van der Waals surface area contributed by atoms with Gasteiger partial charge in [-0.25, -0.2) is 28.7 Å². The molecule has 10 nitrogen and oxygen atoms in total. The van der Waals surface area contributed by atoms with Crippen LogP contribution >= 0.6 is 0 Å². The number of aryl methyl sites for hydroxylation is 4. The molecule has 90 heavy (non-hydrogen) atoms. The Kier molecular flexibility index (Phi) is 26.8. The first kappa shape index (κ1) is 76.4. The highest BCUT2D eigenvalue weighted by atomic mass is 16.6. The van der Waals surface area contributed by atoms with Crippen LogP contribution in [0.15, 0.2) is 91.5 Å². The fourth-order valence-electron chi connectivity index (χ4n) is 16.0. The Balaban J connectivity index is 0.000000255. The van der Waals surface area contributed by atoms with Crippen molar-refractivity contribution >= 4 is 24.0 Å². The number of nitrogens with zero attached hydrogens (tertiary/aromatic N) is 2. The molecule has 0 saturated carbocycles. The highest BCUT2D eigenvalue weighted by Gasteiger charge is 2.43. The van der Waals surface area contributed by atoms with Crippen LogP contribution in [-0.2, 0) is 35.2 Å². The van der Waals surface area contributed by atoms with Crippen LogP contribution in [0.2, 0.25) is 0 Å². The van der Waals surface area contributed by atoms with Crippen LogP contribution in [0.5, 0.6) is 5.75 Å². The Labute approximate surface area is 545 Å². The van der Waals surface area contributed by atoms with Gasteiger partial charge in [0.2, 0.25) is 0 Å². The largest absolute Gasteiger partial charge is 0.478 e. The molecule has 8 unspecified atom stereocenters. The number of benzene rings is 4.